The minimum atomic E-state index is -0.515. The Hall–Kier alpha value is -2.15. The van der Waals surface area contributed by atoms with E-state index in [2.05, 4.69) is 5.32 Å². The first-order chi connectivity index (χ1) is 9.99. The van der Waals surface area contributed by atoms with Crippen molar-refractivity contribution in [2.24, 2.45) is 5.92 Å². The van der Waals surface area contributed by atoms with E-state index >= 15 is 0 Å². The number of nitro benzene ring substituents is 1. The first kappa shape index (κ1) is 15.2. The van der Waals surface area contributed by atoms with Gasteiger partial charge in [0.05, 0.1) is 17.6 Å². The van der Waals surface area contributed by atoms with Crippen LogP contribution in [0.25, 0.3) is 0 Å². The maximum atomic E-state index is 12.5. The molecule has 0 saturated carbocycles. The summed E-state index contributed by atoms with van der Waals surface area (Å²) in [6, 6.07) is 4.16. The largest absolute Gasteiger partial charge is 0.394 e. The Bertz CT molecular complexity index is 561. The lowest BCUT2D eigenvalue weighted by Gasteiger charge is -2.25. The molecule has 1 aromatic rings. The summed E-state index contributed by atoms with van der Waals surface area (Å²) in [5, 5.41) is 23.2. The molecule has 21 heavy (non-hydrogen) atoms. The Kier molecular flexibility index (Phi) is 4.42. The summed E-state index contributed by atoms with van der Waals surface area (Å²) in [6.07, 6.45) is 0.827. The summed E-state index contributed by atoms with van der Waals surface area (Å²) >= 11 is 0. The lowest BCUT2D eigenvalue weighted by atomic mass is 10.0. The molecule has 2 N–H and O–H groups in total. The third kappa shape index (κ3) is 2.82. The predicted molar refractivity (Wildman–Crippen MR) is 78.3 cm³/mol. The lowest BCUT2D eigenvalue weighted by Crippen LogP contribution is -2.39. The Morgan fingerprint density at radius 2 is 2.29 bits per heavy atom. The summed E-state index contributed by atoms with van der Waals surface area (Å²) in [7, 11) is 1.59. The van der Waals surface area contributed by atoms with Crippen LogP contribution in [0.1, 0.15) is 23.7 Å². The first-order valence-corrected chi connectivity index (χ1v) is 6.87. The third-order valence-electron chi connectivity index (χ3n) is 4.04. The van der Waals surface area contributed by atoms with Gasteiger partial charge in [-0.15, -0.1) is 0 Å². The first-order valence-electron chi connectivity index (χ1n) is 6.87. The average molecular weight is 293 g/mol. The van der Waals surface area contributed by atoms with Crippen molar-refractivity contribution < 1.29 is 14.8 Å². The summed E-state index contributed by atoms with van der Waals surface area (Å²) in [6.45, 7) is 2.46. The SMILES string of the molecule is CNc1ccc(C(=O)N2CCC(C)C2CO)cc1[N+](=O)[O-]. The van der Waals surface area contributed by atoms with Gasteiger partial charge in [-0.05, 0) is 24.5 Å². The van der Waals surface area contributed by atoms with Crippen LogP contribution >= 0.6 is 0 Å². The van der Waals surface area contributed by atoms with E-state index in [1.54, 1.807) is 18.0 Å². The number of likely N-dealkylation sites (tertiary alicyclic amines) is 1. The van der Waals surface area contributed by atoms with Crippen molar-refractivity contribution >= 4 is 17.3 Å². The number of aliphatic hydroxyl groups excluding tert-OH is 1. The van der Waals surface area contributed by atoms with Crippen LogP contribution in [0.15, 0.2) is 18.2 Å². The number of nitrogens with zero attached hydrogens (tertiary/aromatic N) is 2. The van der Waals surface area contributed by atoms with Gasteiger partial charge in [0.2, 0.25) is 0 Å². The highest BCUT2D eigenvalue weighted by Gasteiger charge is 2.34. The van der Waals surface area contributed by atoms with E-state index in [1.165, 1.54) is 12.1 Å². The van der Waals surface area contributed by atoms with Crippen LogP contribution in [0.2, 0.25) is 0 Å². The number of hydrogen-bond acceptors (Lipinski definition) is 5. The second-order valence-corrected chi connectivity index (χ2v) is 5.25. The molecule has 1 amide bonds. The molecule has 0 aromatic heterocycles. The van der Waals surface area contributed by atoms with E-state index in [1.807, 2.05) is 6.92 Å². The Morgan fingerprint density at radius 3 is 2.86 bits per heavy atom. The molecule has 1 saturated heterocycles. The number of nitrogens with one attached hydrogen (secondary N) is 1. The molecule has 1 heterocycles. The molecule has 2 unspecified atom stereocenters. The van der Waals surface area contributed by atoms with Crippen molar-refractivity contribution in [1.29, 1.82) is 0 Å². The fourth-order valence-electron chi connectivity index (χ4n) is 2.73. The monoisotopic (exact) mass is 293 g/mol. The molecule has 1 aliphatic rings. The van der Waals surface area contributed by atoms with E-state index in [9.17, 15) is 20.0 Å². The molecule has 0 bridgehead atoms. The highest BCUT2D eigenvalue weighted by molar-refractivity contribution is 5.96. The highest BCUT2D eigenvalue weighted by atomic mass is 16.6. The number of amides is 1. The zero-order chi connectivity index (χ0) is 15.6. The van der Waals surface area contributed by atoms with Crippen LogP contribution in [0, 0.1) is 16.0 Å². The fraction of sp³-hybridized carbons (Fsp3) is 0.500. The van der Waals surface area contributed by atoms with Crippen LogP contribution < -0.4 is 5.32 Å². The minimum Gasteiger partial charge on any atom is -0.394 e. The summed E-state index contributed by atoms with van der Waals surface area (Å²) in [4.78, 5) is 24.6. The second-order valence-electron chi connectivity index (χ2n) is 5.25. The predicted octanol–water partition coefficient (Wildman–Crippen LogP) is 1.48. The van der Waals surface area contributed by atoms with E-state index in [0.717, 1.165) is 6.42 Å². The molecule has 0 spiro atoms. The Balaban J connectivity index is 2.31. The zero-order valence-corrected chi connectivity index (χ0v) is 12.1. The molecule has 2 atom stereocenters. The second kappa shape index (κ2) is 6.09. The average Bonchev–Trinajstić information content (AvgIpc) is 2.86. The smallest absolute Gasteiger partial charge is 0.293 e. The Labute approximate surface area is 122 Å². The maximum absolute atomic E-state index is 12.5. The van der Waals surface area contributed by atoms with Crippen LogP contribution in [0.4, 0.5) is 11.4 Å². The number of benzene rings is 1. The highest BCUT2D eigenvalue weighted by Crippen LogP contribution is 2.29. The van der Waals surface area contributed by atoms with Gasteiger partial charge >= 0.3 is 0 Å². The number of nitro groups is 1. The van der Waals surface area contributed by atoms with Crippen LogP contribution in [-0.2, 0) is 0 Å². The van der Waals surface area contributed by atoms with E-state index in [-0.39, 0.29) is 35.7 Å². The van der Waals surface area contributed by atoms with Crippen molar-refractivity contribution in [3.63, 3.8) is 0 Å². The zero-order valence-electron chi connectivity index (χ0n) is 12.1. The summed E-state index contributed by atoms with van der Waals surface area (Å²) in [5.41, 5.74) is 0.509. The molecule has 2 rings (SSSR count). The number of carbonyl (C=O) groups excluding carboxylic acids is 1. The van der Waals surface area contributed by atoms with Gasteiger partial charge in [0.25, 0.3) is 11.6 Å². The van der Waals surface area contributed by atoms with Gasteiger partial charge in [-0.3, -0.25) is 14.9 Å². The van der Waals surface area contributed by atoms with Crippen LogP contribution in [0.3, 0.4) is 0 Å². The van der Waals surface area contributed by atoms with E-state index in [0.29, 0.717) is 12.2 Å². The van der Waals surface area contributed by atoms with Gasteiger partial charge in [-0.2, -0.15) is 0 Å². The normalized spacial score (nSPS) is 21.4. The van der Waals surface area contributed by atoms with Crippen LogP contribution in [0.5, 0.6) is 0 Å². The van der Waals surface area contributed by atoms with Crippen molar-refractivity contribution in [3.05, 3.63) is 33.9 Å². The van der Waals surface area contributed by atoms with Crippen molar-refractivity contribution in [2.75, 3.05) is 25.5 Å². The number of hydrogen-bond donors (Lipinski definition) is 2. The molecule has 7 heteroatoms. The number of rotatable bonds is 4. The molecule has 1 fully saturated rings. The van der Waals surface area contributed by atoms with Gasteiger partial charge in [0.15, 0.2) is 0 Å². The molecule has 0 aliphatic carbocycles. The fourth-order valence-corrected chi connectivity index (χ4v) is 2.73. The number of aliphatic hydroxyl groups is 1. The van der Waals surface area contributed by atoms with Crippen molar-refractivity contribution in [1.82, 2.24) is 4.90 Å². The van der Waals surface area contributed by atoms with Gasteiger partial charge in [-0.25, -0.2) is 0 Å². The molecular formula is C14H19N3O4. The van der Waals surface area contributed by atoms with Crippen molar-refractivity contribution in [3.8, 4) is 0 Å². The van der Waals surface area contributed by atoms with Crippen molar-refractivity contribution in [2.45, 2.75) is 19.4 Å². The summed E-state index contributed by atoms with van der Waals surface area (Å²) < 4.78 is 0. The number of anilines is 1. The topological polar surface area (TPSA) is 95.7 Å². The molecule has 1 aromatic carbocycles. The van der Waals surface area contributed by atoms with E-state index < -0.39 is 4.92 Å². The standard InChI is InChI=1S/C14H19N3O4/c1-9-5-6-16(13(9)8-18)14(19)10-3-4-11(15-2)12(7-10)17(20)21/h3-4,7,9,13,15,18H,5-6,8H2,1-2H3. The molecule has 1 aliphatic heterocycles. The summed E-state index contributed by atoms with van der Waals surface area (Å²) in [5.74, 6) is -0.0466. The minimum absolute atomic E-state index is 0.0937. The molecule has 7 nitrogen and oxygen atoms in total. The van der Waals surface area contributed by atoms with Crippen LogP contribution in [-0.4, -0.2) is 47.1 Å². The van der Waals surface area contributed by atoms with Gasteiger partial charge < -0.3 is 15.3 Å². The number of carbonyl (C=O) groups is 1. The van der Waals surface area contributed by atoms with Gasteiger partial charge in [0, 0.05) is 25.2 Å². The lowest BCUT2D eigenvalue weighted by molar-refractivity contribution is -0.384. The molecule has 0 radical (unpaired) electrons. The Morgan fingerprint density at radius 1 is 1.57 bits per heavy atom. The molecule has 114 valence electrons. The quantitative estimate of drug-likeness (QED) is 0.647. The van der Waals surface area contributed by atoms with Gasteiger partial charge in [0.1, 0.15) is 5.69 Å². The van der Waals surface area contributed by atoms with Gasteiger partial charge in [-0.1, -0.05) is 6.92 Å². The molecular weight excluding hydrogens is 274 g/mol. The van der Waals surface area contributed by atoms with E-state index in [4.69, 9.17) is 0 Å². The third-order valence-corrected chi connectivity index (χ3v) is 4.04. The maximum Gasteiger partial charge on any atom is 0.293 e.